The van der Waals surface area contributed by atoms with Gasteiger partial charge in [0.05, 0.1) is 0 Å². The van der Waals surface area contributed by atoms with Gasteiger partial charge in [-0.2, -0.15) is 0 Å². The molecular formula is C15H18N2S. The summed E-state index contributed by atoms with van der Waals surface area (Å²) in [7, 11) is 0. The molecule has 3 rings (SSSR count). The van der Waals surface area contributed by atoms with Crippen molar-refractivity contribution in [2.45, 2.75) is 32.0 Å². The van der Waals surface area contributed by atoms with Crippen LogP contribution < -0.4 is 5.73 Å². The minimum Gasteiger partial charge on any atom is -0.398 e. The van der Waals surface area contributed by atoms with Crippen molar-refractivity contribution in [3.8, 4) is 0 Å². The summed E-state index contributed by atoms with van der Waals surface area (Å²) in [6.45, 7) is 2.02. The molecule has 0 unspecified atom stereocenters. The Labute approximate surface area is 112 Å². The molecule has 1 fully saturated rings. The Balaban J connectivity index is 1.73. The van der Waals surface area contributed by atoms with E-state index in [1.54, 1.807) is 0 Å². The van der Waals surface area contributed by atoms with E-state index in [1.807, 2.05) is 23.5 Å². The van der Waals surface area contributed by atoms with Crippen LogP contribution in [0, 0.1) is 0 Å². The molecule has 1 aliphatic carbocycles. The number of hydrogen-bond acceptors (Lipinski definition) is 3. The Hall–Kier alpha value is -1.32. The van der Waals surface area contributed by atoms with Crippen LogP contribution in [0.2, 0.25) is 0 Å². The standard InChI is InChI=1S/C15H18N2S/c16-15-6-2-1-4-12(15)10-17(13-7-8-13)11-14-5-3-9-18-14/h1-6,9,13H,7-8,10-11,16H2. The van der Waals surface area contributed by atoms with Gasteiger partial charge in [-0.3, -0.25) is 4.90 Å². The van der Waals surface area contributed by atoms with Gasteiger partial charge in [-0.05, 0) is 35.9 Å². The smallest absolute Gasteiger partial charge is 0.0359 e. The summed E-state index contributed by atoms with van der Waals surface area (Å²) in [5.41, 5.74) is 8.20. The fraction of sp³-hybridized carbons (Fsp3) is 0.333. The minimum absolute atomic E-state index is 0.756. The van der Waals surface area contributed by atoms with Crippen LogP contribution in [0.5, 0.6) is 0 Å². The van der Waals surface area contributed by atoms with Crippen LogP contribution in [-0.4, -0.2) is 10.9 Å². The Morgan fingerprint density at radius 1 is 1.11 bits per heavy atom. The molecule has 0 amide bonds. The predicted octanol–water partition coefficient (Wildman–Crippen LogP) is 3.49. The fourth-order valence-electron chi connectivity index (χ4n) is 2.25. The Morgan fingerprint density at radius 3 is 2.61 bits per heavy atom. The van der Waals surface area contributed by atoms with Gasteiger partial charge in [-0.1, -0.05) is 24.3 Å². The van der Waals surface area contributed by atoms with Crippen LogP contribution in [0.1, 0.15) is 23.3 Å². The van der Waals surface area contributed by atoms with E-state index in [2.05, 4.69) is 34.5 Å². The van der Waals surface area contributed by atoms with Gasteiger partial charge in [-0.25, -0.2) is 0 Å². The van der Waals surface area contributed by atoms with Crippen molar-refractivity contribution in [2.75, 3.05) is 5.73 Å². The molecule has 1 aromatic heterocycles. The zero-order valence-corrected chi connectivity index (χ0v) is 11.2. The molecule has 3 heteroatoms. The second-order valence-electron chi connectivity index (χ2n) is 4.91. The van der Waals surface area contributed by atoms with Gasteiger partial charge in [0.25, 0.3) is 0 Å². The molecular weight excluding hydrogens is 240 g/mol. The van der Waals surface area contributed by atoms with Crippen molar-refractivity contribution < 1.29 is 0 Å². The summed E-state index contributed by atoms with van der Waals surface area (Å²) in [5, 5.41) is 2.15. The summed E-state index contributed by atoms with van der Waals surface area (Å²) in [6, 6.07) is 13.3. The molecule has 1 heterocycles. The molecule has 0 atom stereocenters. The van der Waals surface area contributed by atoms with Gasteiger partial charge < -0.3 is 5.73 Å². The van der Waals surface area contributed by atoms with Gasteiger partial charge in [0, 0.05) is 29.7 Å². The quantitative estimate of drug-likeness (QED) is 0.832. The molecule has 0 saturated heterocycles. The van der Waals surface area contributed by atoms with Gasteiger partial charge in [-0.15, -0.1) is 11.3 Å². The van der Waals surface area contributed by atoms with E-state index in [0.717, 1.165) is 24.8 Å². The first kappa shape index (κ1) is 11.8. The van der Waals surface area contributed by atoms with Crippen LogP contribution >= 0.6 is 11.3 Å². The summed E-state index contributed by atoms with van der Waals surface area (Å²) < 4.78 is 0. The molecule has 2 nitrogen and oxygen atoms in total. The average Bonchev–Trinajstić information content (AvgIpc) is 3.10. The third kappa shape index (κ3) is 2.74. The highest BCUT2D eigenvalue weighted by atomic mass is 32.1. The van der Waals surface area contributed by atoms with E-state index in [1.165, 1.54) is 23.3 Å². The number of rotatable bonds is 5. The lowest BCUT2D eigenvalue weighted by Gasteiger charge is -2.22. The van der Waals surface area contributed by atoms with Crippen LogP contribution in [0.4, 0.5) is 5.69 Å². The molecule has 94 valence electrons. The molecule has 0 spiro atoms. The van der Waals surface area contributed by atoms with Gasteiger partial charge in [0.1, 0.15) is 0 Å². The highest BCUT2D eigenvalue weighted by Gasteiger charge is 2.29. The summed E-state index contributed by atoms with van der Waals surface area (Å²) in [4.78, 5) is 3.99. The van der Waals surface area contributed by atoms with Crippen molar-refractivity contribution in [3.05, 3.63) is 52.2 Å². The molecule has 18 heavy (non-hydrogen) atoms. The van der Waals surface area contributed by atoms with E-state index in [4.69, 9.17) is 5.73 Å². The second-order valence-corrected chi connectivity index (χ2v) is 5.95. The summed E-state index contributed by atoms with van der Waals surface area (Å²) in [6.07, 6.45) is 2.66. The van der Waals surface area contributed by atoms with E-state index in [-0.39, 0.29) is 0 Å². The average molecular weight is 258 g/mol. The van der Waals surface area contributed by atoms with E-state index < -0.39 is 0 Å². The van der Waals surface area contributed by atoms with E-state index in [0.29, 0.717) is 0 Å². The van der Waals surface area contributed by atoms with Crippen molar-refractivity contribution in [2.24, 2.45) is 0 Å². The first-order valence-electron chi connectivity index (χ1n) is 6.43. The number of nitrogen functional groups attached to an aromatic ring is 1. The second kappa shape index (κ2) is 5.12. The van der Waals surface area contributed by atoms with Crippen molar-refractivity contribution >= 4 is 17.0 Å². The highest BCUT2D eigenvalue weighted by Crippen LogP contribution is 2.31. The maximum absolute atomic E-state index is 6.04. The van der Waals surface area contributed by atoms with Crippen molar-refractivity contribution in [1.29, 1.82) is 0 Å². The van der Waals surface area contributed by atoms with Gasteiger partial charge in [0.15, 0.2) is 0 Å². The Morgan fingerprint density at radius 2 is 1.94 bits per heavy atom. The lowest BCUT2D eigenvalue weighted by molar-refractivity contribution is 0.248. The number of benzene rings is 1. The van der Waals surface area contributed by atoms with Crippen LogP contribution in [0.25, 0.3) is 0 Å². The zero-order chi connectivity index (χ0) is 12.4. The lowest BCUT2D eigenvalue weighted by Crippen LogP contribution is -2.25. The molecule has 1 aliphatic rings. The number of nitrogens with zero attached hydrogens (tertiary/aromatic N) is 1. The molecule has 2 aromatic rings. The zero-order valence-electron chi connectivity index (χ0n) is 10.4. The van der Waals surface area contributed by atoms with Crippen molar-refractivity contribution in [3.63, 3.8) is 0 Å². The normalized spacial score (nSPS) is 15.2. The van der Waals surface area contributed by atoms with Crippen LogP contribution in [0.3, 0.4) is 0 Å². The van der Waals surface area contributed by atoms with Gasteiger partial charge >= 0.3 is 0 Å². The lowest BCUT2D eigenvalue weighted by atomic mass is 10.1. The third-order valence-electron chi connectivity index (χ3n) is 3.43. The van der Waals surface area contributed by atoms with E-state index in [9.17, 15) is 0 Å². The largest absolute Gasteiger partial charge is 0.398 e. The fourth-order valence-corrected chi connectivity index (χ4v) is 2.98. The number of para-hydroxylation sites is 1. The highest BCUT2D eigenvalue weighted by molar-refractivity contribution is 7.09. The molecule has 2 N–H and O–H groups in total. The third-order valence-corrected chi connectivity index (χ3v) is 4.29. The number of thiophene rings is 1. The first-order valence-corrected chi connectivity index (χ1v) is 7.31. The molecule has 0 bridgehead atoms. The maximum Gasteiger partial charge on any atom is 0.0359 e. The monoisotopic (exact) mass is 258 g/mol. The topological polar surface area (TPSA) is 29.3 Å². The maximum atomic E-state index is 6.04. The summed E-state index contributed by atoms with van der Waals surface area (Å²) in [5.74, 6) is 0. The van der Waals surface area contributed by atoms with Crippen LogP contribution in [0.15, 0.2) is 41.8 Å². The molecule has 1 aromatic carbocycles. The van der Waals surface area contributed by atoms with Crippen LogP contribution in [-0.2, 0) is 13.1 Å². The Kier molecular flexibility index (Phi) is 3.35. The molecule has 1 saturated carbocycles. The predicted molar refractivity (Wildman–Crippen MR) is 77.4 cm³/mol. The van der Waals surface area contributed by atoms with Crippen molar-refractivity contribution in [1.82, 2.24) is 4.90 Å². The molecule has 0 radical (unpaired) electrons. The van der Waals surface area contributed by atoms with E-state index >= 15 is 0 Å². The molecule has 0 aliphatic heterocycles. The number of anilines is 1. The Bertz CT molecular complexity index is 503. The minimum atomic E-state index is 0.756. The number of hydrogen-bond donors (Lipinski definition) is 1. The first-order chi connectivity index (χ1) is 8.83. The SMILES string of the molecule is Nc1ccccc1CN(Cc1cccs1)C1CC1. The summed E-state index contributed by atoms with van der Waals surface area (Å²) >= 11 is 1.84. The number of nitrogens with two attached hydrogens (primary N) is 1. The van der Waals surface area contributed by atoms with Gasteiger partial charge in [0.2, 0.25) is 0 Å².